The van der Waals surface area contributed by atoms with Gasteiger partial charge in [0.05, 0.1) is 16.3 Å². The molecule has 7 heteroatoms. The molecule has 2 aromatic heterocycles. The van der Waals surface area contributed by atoms with E-state index in [1.54, 1.807) is 17.7 Å². The minimum atomic E-state index is -1.83. The molecule has 4 rings (SSSR count). The first kappa shape index (κ1) is 15.2. The quantitative estimate of drug-likeness (QED) is 0.565. The van der Waals surface area contributed by atoms with Crippen LogP contribution in [0.2, 0.25) is 0 Å². The zero-order chi connectivity index (χ0) is 16.5. The van der Waals surface area contributed by atoms with E-state index in [1.165, 1.54) is 0 Å². The van der Waals surface area contributed by atoms with Crippen molar-refractivity contribution in [2.75, 3.05) is 0 Å². The number of nitrogens with zero attached hydrogens (tertiary/aromatic N) is 3. The average Bonchev–Trinajstić information content (AvgIpc) is 3.16. The molecule has 0 aliphatic heterocycles. The Bertz CT molecular complexity index is 1010. The van der Waals surface area contributed by atoms with Gasteiger partial charge in [-0.3, -0.25) is 0 Å². The Morgan fingerprint density at radius 3 is 2.50 bits per heavy atom. The second-order valence-electron chi connectivity index (χ2n) is 5.26. The van der Waals surface area contributed by atoms with E-state index in [9.17, 15) is 4.21 Å². The van der Waals surface area contributed by atoms with E-state index >= 15 is 0 Å². The van der Waals surface area contributed by atoms with Gasteiger partial charge in [0, 0.05) is 5.56 Å². The van der Waals surface area contributed by atoms with E-state index in [0.29, 0.717) is 0 Å². The molecule has 5 nitrogen and oxygen atoms in total. The molecule has 1 atom stereocenters. The summed E-state index contributed by atoms with van der Waals surface area (Å²) in [6, 6.07) is 17.8. The zero-order valence-corrected chi connectivity index (χ0v) is 14.1. The van der Waals surface area contributed by atoms with E-state index in [1.807, 2.05) is 47.0 Å². The SMILES string of the molecule is O=S(O)Cc1ccc(-c2sc3ncnn3c2-c2ccccc2)cc1. The van der Waals surface area contributed by atoms with E-state index in [-0.39, 0.29) is 5.75 Å². The van der Waals surface area contributed by atoms with Crippen LogP contribution in [-0.2, 0) is 16.8 Å². The fraction of sp³-hybridized carbons (Fsp3) is 0.0588. The molecule has 4 aromatic rings. The van der Waals surface area contributed by atoms with E-state index in [0.717, 1.165) is 32.2 Å². The molecule has 0 aliphatic carbocycles. The number of aromatic nitrogens is 3. The van der Waals surface area contributed by atoms with Gasteiger partial charge in [0.15, 0.2) is 11.1 Å². The van der Waals surface area contributed by atoms with Crippen molar-refractivity contribution in [3.8, 4) is 21.7 Å². The first-order valence-electron chi connectivity index (χ1n) is 7.27. The lowest BCUT2D eigenvalue weighted by Gasteiger charge is -2.05. The molecule has 0 aliphatic rings. The Balaban J connectivity index is 1.85. The summed E-state index contributed by atoms with van der Waals surface area (Å²) in [4.78, 5) is 6.22. The van der Waals surface area contributed by atoms with Crippen molar-refractivity contribution in [2.24, 2.45) is 0 Å². The number of hydrogen-bond acceptors (Lipinski definition) is 4. The lowest BCUT2D eigenvalue weighted by atomic mass is 10.1. The highest BCUT2D eigenvalue weighted by atomic mass is 32.2. The molecule has 24 heavy (non-hydrogen) atoms. The van der Waals surface area contributed by atoms with Gasteiger partial charge >= 0.3 is 0 Å². The van der Waals surface area contributed by atoms with Crippen molar-refractivity contribution >= 4 is 27.4 Å². The van der Waals surface area contributed by atoms with Crippen molar-refractivity contribution in [2.45, 2.75) is 5.75 Å². The Kier molecular flexibility index (Phi) is 3.97. The standard InChI is InChI=1S/C17H13N3O2S2/c21-24(22)10-12-6-8-14(9-7-12)16-15(13-4-2-1-3-5-13)20-17(23-16)18-11-19-20/h1-9,11H,10H2,(H,21,22). The summed E-state index contributed by atoms with van der Waals surface area (Å²) in [5, 5.41) is 4.34. The van der Waals surface area contributed by atoms with Crippen molar-refractivity contribution in [1.29, 1.82) is 0 Å². The van der Waals surface area contributed by atoms with Gasteiger partial charge in [-0.1, -0.05) is 65.9 Å². The van der Waals surface area contributed by atoms with E-state index < -0.39 is 11.1 Å². The van der Waals surface area contributed by atoms with Gasteiger partial charge < -0.3 is 4.55 Å². The highest BCUT2D eigenvalue weighted by molar-refractivity contribution is 7.78. The maximum Gasteiger partial charge on any atom is 0.213 e. The third-order valence-electron chi connectivity index (χ3n) is 3.69. The molecule has 0 fully saturated rings. The van der Waals surface area contributed by atoms with E-state index in [4.69, 9.17) is 4.55 Å². The largest absolute Gasteiger partial charge is 0.306 e. The zero-order valence-electron chi connectivity index (χ0n) is 12.5. The molecule has 120 valence electrons. The molecule has 2 aromatic carbocycles. The minimum Gasteiger partial charge on any atom is -0.306 e. The molecule has 1 N–H and O–H groups in total. The first-order valence-corrected chi connectivity index (χ1v) is 9.36. The third-order valence-corrected chi connectivity index (χ3v) is 5.36. The topological polar surface area (TPSA) is 67.5 Å². The van der Waals surface area contributed by atoms with Crippen molar-refractivity contribution in [1.82, 2.24) is 14.6 Å². The lowest BCUT2D eigenvalue weighted by Crippen LogP contribution is -1.93. The van der Waals surface area contributed by atoms with Crippen LogP contribution in [0.4, 0.5) is 0 Å². The van der Waals surface area contributed by atoms with Crippen LogP contribution in [-0.4, -0.2) is 23.4 Å². The average molecular weight is 355 g/mol. The van der Waals surface area contributed by atoms with Crippen LogP contribution in [0.25, 0.3) is 26.7 Å². The summed E-state index contributed by atoms with van der Waals surface area (Å²) in [7, 11) is 0. The fourth-order valence-electron chi connectivity index (χ4n) is 2.63. The summed E-state index contributed by atoms with van der Waals surface area (Å²) >= 11 is -0.251. The van der Waals surface area contributed by atoms with Crippen molar-refractivity contribution in [3.63, 3.8) is 0 Å². The second kappa shape index (κ2) is 6.27. The molecular weight excluding hydrogens is 342 g/mol. The summed E-state index contributed by atoms with van der Waals surface area (Å²) in [5.41, 5.74) is 3.95. The van der Waals surface area contributed by atoms with Gasteiger partial charge in [-0.2, -0.15) is 5.10 Å². The number of benzene rings is 2. The molecule has 0 amide bonds. The summed E-state index contributed by atoms with van der Waals surface area (Å²) in [6.07, 6.45) is 1.56. The van der Waals surface area contributed by atoms with Crippen LogP contribution in [0.5, 0.6) is 0 Å². The summed E-state index contributed by atoms with van der Waals surface area (Å²) in [6.45, 7) is 0. The molecule has 1 unspecified atom stereocenters. The molecule has 0 saturated heterocycles. The lowest BCUT2D eigenvalue weighted by molar-refractivity contribution is 0.563. The van der Waals surface area contributed by atoms with E-state index in [2.05, 4.69) is 22.2 Å². The van der Waals surface area contributed by atoms with Crippen LogP contribution in [0.3, 0.4) is 0 Å². The monoisotopic (exact) mass is 355 g/mol. The van der Waals surface area contributed by atoms with Crippen LogP contribution < -0.4 is 0 Å². The van der Waals surface area contributed by atoms with Gasteiger partial charge in [-0.05, 0) is 11.1 Å². The maximum atomic E-state index is 10.9. The predicted octanol–water partition coefficient (Wildman–Crippen LogP) is 3.85. The molecule has 0 spiro atoms. The minimum absolute atomic E-state index is 0.140. The Morgan fingerprint density at radius 2 is 1.79 bits per heavy atom. The van der Waals surface area contributed by atoms with Crippen LogP contribution >= 0.6 is 11.3 Å². The van der Waals surface area contributed by atoms with Crippen molar-refractivity contribution in [3.05, 3.63) is 66.5 Å². The summed E-state index contributed by atoms with van der Waals surface area (Å²) in [5.74, 6) is 0.140. The number of rotatable bonds is 4. The third kappa shape index (κ3) is 2.77. The Morgan fingerprint density at radius 1 is 1.04 bits per heavy atom. The fourth-order valence-corrected chi connectivity index (χ4v) is 4.17. The number of thiazole rings is 1. The number of hydrogen-bond donors (Lipinski definition) is 1. The smallest absolute Gasteiger partial charge is 0.213 e. The van der Waals surface area contributed by atoms with Crippen LogP contribution in [0.1, 0.15) is 5.56 Å². The second-order valence-corrected chi connectivity index (χ2v) is 7.17. The maximum absolute atomic E-state index is 10.9. The van der Waals surface area contributed by atoms with Crippen molar-refractivity contribution < 1.29 is 8.76 Å². The van der Waals surface area contributed by atoms with Crippen LogP contribution in [0.15, 0.2) is 60.9 Å². The Labute approximate surface area is 144 Å². The van der Waals surface area contributed by atoms with Gasteiger partial charge in [0.25, 0.3) is 0 Å². The normalized spacial score (nSPS) is 12.5. The van der Waals surface area contributed by atoms with Gasteiger partial charge in [0.2, 0.25) is 4.96 Å². The number of fused-ring (bicyclic) bond motifs is 1. The molecule has 0 bridgehead atoms. The first-order chi connectivity index (χ1) is 11.7. The molecular formula is C17H13N3O2S2. The van der Waals surface area contributed by atoms with Gasteiger partial charge in [0.1, 0.15) is 6.33 Å². The Hall–Kier alpha value is -2.35. The van der Waals surface area contributed by atoms with Gasteiger partial charge in [-0.15, -0.1) is 0 Å². The highest BCUT2D eigenvalue weighted by Gasteiger charge is 2.17. The predicted molar refractivity (Wildman–Crippen MR) is 96.2 cm³/mol. The molecule has 0 radical (unpaired) electrons. The summed E-state index contributed by atoms with van der Waals surface area (Å²) < 4.78 is 21.8. The molecule has 2 heterocycles. The highest BCUT2D eigenvalue weighted by Crippen LogP contribution is 2.38. The van der Waals surface area contributed by atoms with Crippen LogP contribution in [0, 0.1) is 0 Å². The van der Waals surface area contributed by atoms with Gasteiger partial charge in [-0.25, -0.2) is 13.7 Å². The molecule has 0 saturated carbocycles.